The van der Waals surface area contributed by atoms with Crippen molar-refractivity contribution in [3.63, 3.8) is 0 Å². The molecule has 5 heteroatoms. The predicted octanol–water partition coefficient (Wildman–Crippen LogP) is 3.01. The van der Waals surface area contributed by atoms with Gasteiger partial charge in [-0.3, -0.25) is 0 Å². The van der Waals surface area contributed by atoms with Gasteiger partial charge in [-0.25, -0.2) is 8.42 Å². The van der Waals surface area contributed by atoms with Gasteiger partial charge in [0.05, 0.1) is 16.3 Å². The molecule has 116 valence electrons. The first-order chi connectivity index (χ1) is 10.4. The minimum absolute atomic E-state index is 0.348. The molecule has 0 aliphatic carbocycles. The number of fused-ring (bicyclic) bond motifs is 1. The fraction of sp³-hybridized carbons (Fsp3) is 0.294. The van der Waals surface area contributed by atoms with Gasteiger partial charge in [0.1, 0.15) is 0 Å². The molecule has 3 rings (SSSR count). The van der Waals surface area contributed by atoms with Crippen molar-refractivity contribution in [3.05, 3.63) is 42.5 Å². The lowest BCUT2D eigenvalue weighted by molar-refractivity contribution is 0.602. The van der Waals surface area contributed by atoms with E-state index >= 15 is 0 Å². The molecule has 1 unspecified atom stereocenters. The summed E-state index contributed by atoms with van der Waals surface area (Å²) >= 11 is 0. The highest BCUT2D eigenvalue weighted by Gasteiger charge is 2.19. The van der Waals surface area contributed by atoms with Crippen LogP contribution in [0.1, 0.15) is 6.92 Å². The zero-order valence-electron chi connectivity index (χ0n) is 13.0. The van der Waals surface area contributed by atoms with E-state index in [4.69, 9.17) is 0 Å². The second-order valence-corrected chi connectivity index (χ2v) is 7.89. The third-order valence-corrected chi connectivity index (χ3v) is 5.37. The van der Waals surface area contributed by atoms with Crippen molar-refractivity contribution < 1.29 is 8.42 Å². The van der Waals surface area contributed by atoms with Crippen LogP contribution in [0.4, 0.5) is 11.4 Å². The number of hydrogen-bond acceptors (Lipinski definition) is 4. The average molecular weight is 316 g/mol. The number of anilines is 2. The lowest BCUT2D eigenvalue weighted by atomic mass is 10.0. The smallest absolute Gasteiger partial charge is 0.175 e. The molecular weight excluding hydrogens is 296 g/mol. The summed E-state index contributed by atoms with van der Waals surface area (Å²) in [5, 5.41) is 3.45. The molecule has 1 N–H and O–H groups in total. The summed E-state index contributed by atoms with van der Waals surface area (Å²) in [6, 6.07) is 13.8. The van der Waals surface area contributed by atoms with E-state index in [1.165, 1.54) is 11.9 Å². The Kier molecular flexibility index (Phi) is 3.60. The van der Waals surface area contributed by atoms with Crippen molar-refractivity contribution in [2.75, 3.05) is 30.1 Å². The first kappa shape index (κ1) is 14.9. The monoisotopic (exact) mass is 316 g/mol. The number of nitrogens with one attached hydrogen (secondary N) is 1. The third-order valence-electron chi connectivity index (χ3n) is 4.24. The van der Waals surface area contributed by atoms with Gasteiger partial charge in [-0.05, 0) is 42.3 Å². The Hall–Kier alpha value is -2.01. The van der Waals surface area contributed by atoms with Crippen LogP contribution in [0.15, 0.2) is 47.4 Å². The largest absolute Gasteiger partial charge is 0.381 e. The molecule has 2 aromatic carbocycles. The molecule has 0 fully saturated rings. The van der Waals surface area contributed by atoms with Crippen LogP contribution in [0.25, 0.3) is 11.1 Å². The van der Waals surface area contributed by atoms with Crippen molar-refractivity contribution >= 4 is 21.2 Å². The molecule has 0 amide bonds. The highest BCUT2D eigenvalue weighted by Crippen LogP contribution is 2.34. The Morgan fingerprint density at radius 3 is 2.36 bits per heavy atom. The normalized spacial score (nSPS) is 17.8. The van der Waals surface area contributed by atoms with E-state index in [2.05, 4.69) is 42.4 Å². The van der Waals surface area contributed by atoms with Crippen LogP contribution in [0, 0.1) is 0 Å². The van der Waals surface area contributed by atoms with E-state index < -0.39 is 9.84 Å². The van der Waals surface area contributed by atoms with Gasteiger partial charge in [-0.2, -0.15) is 0 Å². The Morgan fingerprint density at radius 1 is 1.09 bits per heavy atom. The van der Waals surface area contributed by atoms with Crippen LogP contribution in [0.3, 0.4) is 0 Å². The minimum atomic E-state index is -3.15. The molecule has 0 saturated heterocycles. The highest BCUT2D eigenvalue weighted by molar-refractivity contribution is 7.90. The predicted molar refractivity (Wildman–Crippen MR) is 91.3 cm³/mol. The Labute approximate surface area is 131 Å². The third kappa shape index (κ3) is 2.68. The van der Waals surface area contributed by atoms with Gasteiger partial charge in [0.2, 0.25) is 0 Å². The number of hydrogen-bond donors (Lipinski definition) is 1. The molecule has 1 heterocycles. The maximum absolute atomic E-state index is 11.5. The Morgan fingerprint density at radius 2 is 1.73 bits per heavy atom. The van der Waals surface area contributed by atoms with Gasteiger partial charge >= 0.3 is 0 Å². The van der Waals surface area contributed by atoms with Gasteiger partial charge < -0.3 is 10.2 Å². The average Bonchev–Trinajstić information content (AvgIpc) is 2.50. The number of benzene rings is 2. The van der Waals surface area contributed by atoms with E-state index in [1.807, 2.05) is 12.1 Å². The zero-order valence-corrected chi connectivity index (χ0v) is 13.8. The van der Waals surface area contributed by atoms with Crippen molar-refractivity contribution in [3.8, 4) is 11.1 Å². The van der Waals surface area contributed by atoms with Crippen LogP contribution < -0.4 is 10.2 Å². The van der Waals surface area contributed by atoms with Crippen LogP contribution in [-0.2, 0) is 9.84 Å². The van der Waals surface area contributed by atoms with Gasteiger partial charge in [-0.1, -0.05) is 18.2 Å². The summed E-state index contributed by atoms with van der Waals surface area (Å²) in [6.07, 6.45) is 1.22. The standard InChI is InChI=1S/C17H20N2O2S/c1-12-11-18-16-10-14(6-9-17(16)19(12)2)13-4-7-15(8-5-13)22(3,20)21/h4-10,12,18H,11H2,1-3H3. The van der Waals surface area contributed by atoms with Gasteiger partial charge in [0.25, 0.3) is 0 Å². The summed E-state index contributed by atoms with van der Waals surface area (Å²) in [6.45, 7) is 3.10. The second-order valence-electron chi connectivity index (χ2n) is 5.87. The molecule has 4 nitrogen and oxygen atoms in total. The Bertz CT molecular complexity index is 798. The topological polar surface area (TPSA) is 49.4 Å². The van der Waals surface area contributed by atoms with Gasteiger partial charge in [0.15, 0.2) is 9.84 Å². The fourth-order valence-corrected chi connectivity index (χ4v) is 3.32. The van der Waals surface area contributed by atoms with Crippen molar-refractivity contribution in [2.45, 2.75) is 17.9 Å². The van der Waals surface area contributed by atoms with Crippen LogP contribution >= 0.6 is 0 Å². The number of nitrogens with zero attached hydrogens (tertiary/aromatic N) is 1. The molecule has 1 atom stereocenters. The van der Waals surface area contributed by atoms with Gasteiger partial charge in [0, 0.05) is 25.9 Å². The molecule has 1 aliphatic rings. The summed E-state index contributed by atoms with van der Waals surface area (Å²) in [7, 11) is -1.05. The second kappa shape index (κ2) is 5.32. The van der Waals surface area contributed by atoms with Crippen LogP contribution in [0.5, 0.6) is 0 Å². The zero-order chi connectivity index (χ0) is 15.9. The van der Waals surface area contributed by atoms with E-state index in [0.717, 1.165) is 23.4 Å². The van der Waals surface area contributed by atoms with E-state index in [0.29, 0.717) is 10.9 Å². The molecule has 0 aromatic heterocycles. The SMILES string of the molecule is CC1CNc2cc(-c3ccc(S(C)(=O)=O)cc3)ccc2N1C. The summed E-state index contributed by atoms with van der Waals surface area (Å²) < 4.78 is 23.0. The Balaban J connectivity index is 1.97. The van der Waals surface area contributed by atoms with Crippen molar-refractivity contribution in [2.24, 2.45) is 0 Å². The van der Waals surface area contributed by atoms with E-state index in [1.54, 1.807) is 12.1 Å². The van der Waals surface area contributed by atoms with Gasteiger partial charge in [-0.15, -0.1) is 0 Å². The summed E-state index contributed by atoms with van der Waals surface area (Å²) in [4.78, 5) is 2.61. The number of likely N-dealkylation sites (N-methyl/N-ethyl adjacent to an activating group) is 1. The van der Waals surface area contributed by atoms with E-state index in [-0.39, 0.29) is 0 Å². The molecule has 22 heavy (non-hydrogen) atoms. The molecule has 1 aliphatic heterocycles. The summed E-state index contributed by atoms with van der Waals surface area (Å²) in [5.41, 5.74) is 4.40. The minimum Gasteiger partial charge on any atom is -0.381 e. The number of rotatable bonds is 2. The molecule has 0 spiro atoms. The molecule has 2 aromatic rings. The fourth-order valence-electron chi connectivity index (χ4n) is 2.69. The highest BCUT2D eigenvalue weighted by atomic mass is 32.2. The van der Waals surface area contributed by atoms with E-state index in [9.17, 15) is 8.42 Å². The lowest BCUT2D eigenvalue weighted by Gasteiger charge is -2.34. The van der Waals surface area contributed by atoms with Crippen molar-refractivity contribution in [1.29, 1.82) is 0 Å². The first-order valence-electron chi connectivity index (χ1n) is 7.27. The van der Waals surface area contributed by atoms with Crippen LogP contribution in [0.2, 0.25) is 0 Å². The summed E-state index contributed by atoms with van der Waals surface area (Å²) in [5.74, 6) is 0. The number of sulfone groups is 1. The molecule has 0 radical (unpaired) electrons. The quantitative estimate of drug-likeness (QED) is 0.925. The molecule has 0 saturated carbocycles. The first-order valence-corrected chi connectivity index (χ1v) is 9.16. The maximum Gasteiger partial charge on any atom is 0.175 e. The lowest BCUT2D eigenvalue weighted by Crippen LogP contribution is -2.39. The molecule has 0 bridgehead atoms. The van der Waals surface area contributed by atoms with Crippen LogP contribution in [-0.4, -0.2) is 34.3 Å². The van der Waals surface area contributed by atoms with Crippen molar-refractivity contribution in [1.82, 2.24) is 0 Å². The maximum atomic E-state index is 11.5. The molecular formula is C17H20N2O2S.